The van der Waals surface area contributed by atoms with Crippen LogP contribution in [0.5, 0.6) is 17.4 Å². The van der Waals surface area contributed by atoms with Crippen molar-refractivity contribution in [3.63, 3.8) is 0 Å². The summed E-state index contributed by atoms with van der Waals surface area (Å²) < 4.78 is 15.7. The zero-order valence-electron chi connectivity index (χ0n) is 16.1. The molecule has 0 atom stereocenters. The molecule has 1 aliphatic rings. The van der Waals surface area contributed by atoms with E-state index in [9.17, 15) is 4.79 Å². The normalized spacial score (nSPS) is 14.1. The van der Waals surface area contributed by atoms with Gasteiger partial charge in [0.05, 0.1) is 21.3 Å². The van der Waals surface area contributed by atoms with E-state index in [0.29, 0.717) is 54.9 Å². The molecule has 3 rings (SSSR count). The Morgan fingerprint density at radius 2 is 1.52 bits per heavy atom. The first-order valence-electron chi connectivity index (χ1n) is 8.71. The highest BCUT2D eigenvalue weighted by molar-refractivity contribution is 5.95. The van der Waals surface area contributed by atoms with E-state index >= 15 is 0 Å². The van der Waals surface area contributed by atoms with Gasteiger partial charge < -0.3 is 24.0 Å². The molecule has 0 radical (unpaired) electrons. The predicted molar refractivity (Wildman–Crippen MR) is 101 cm³/mol. The molecule has 0 unspecified atom stereocenters. The molecule has 0 N–H and O–H groups in total. The lowest BCUT2D eigenvalue weighted by atomic mass is 10.1. The number of hydrogen-bond acceptors (Lipinski definition) is 7. The Morgan fingerprint density at radius 3 is 2.07 bits per heavy atom. The van der Waals surface area contributed by atoms with E-state index in [0.717, 1.165) is 5.82 Å². The Hall–Kier alpha value is -3.03. The average Bonchev–Trinajstić information content (AvgIpc) is 2.72. The molecule has 8 heteroatoms. The maximum atomic E-state index is 12.9. The zero-order valence-corrected chi connectivity index (χ0v) is 16.1. The van der Waals surface area contributed by atoms with Crippen molar-refractivity contribution in [1.29, 1.82) is 0 Å². The second-order valence-corrected chi connectivity index (χ2v) is 6.20. The van der Waals surface area contributed by atoms with Crippen LogP contribution < -0.4 is 19.1 Å². The van der Waals surface area contributed by atoms with Crippen LogP contribution in [0, 0.1) is 6.92 Å². The molecular formula is C19H24N4O4. The lowest BCUT2D eigenvalue weighted by Gasteiger charge is -2.35. The summed E-state index contributed by atoms with van der Waals surface area (Å²) in [5.41, 5.74) is 0.555. The van der Waals surface area contributed by atoms with Crippen molar-refractivity contribution in [1.82, 2.24) is 14.9 Å². The molecule has 1 aliphatic heterocycles. The number of benzene rings is 1. The number of rotatable bonds is 5. The van der Waals surface area contributed by atoms with Gasteiger partial charge in [-0.1, -0.05) is 0 Å². The molecule has 1 saturated heterocycles. The van der Waals surface area contributed by atoms with Crippen LogP contribution in [0.15, 0.2) is 24.3 Å². The van der Waals surface area contributed by atoms with Crippen LogP contribution in [0.1, 0.15) is 16.2 Å². The number of piperazine rings is 1. The van der Waals surface area contributed by atoms with E-state index in [2.05, 4.69) is 14.9 Å². The first-order chi connectivity index (χ1) is 13.0. The molecule has 1 aromatic carbocycles. The lowest BCUT2D eigenvalue weighted by Crippen LogP contribution is -2.49. The summed E-state index contributed by atoms with van der Waals surface area (Å²) in [5.74, 6) is 3.17. The molecule has 8 nitrogen and oxygen atoms in total. The van der Waals surface area contributed by atoms with E-state index in [1.165, 1.54) is 0 Å². The van der Waals surface area contributed by atoms with Gasteiger partial charge in [0, 0.05) is 43.9 Å². The van der Waals surface area contributed by atoms with Crippen molar-refractivity contribution in [2.75, 3.05) is 52.4 Å². The minimum Gasteiger partial charge on any atom is -0.497 e. The quantitative estimate of drug-likeness (QED) is 0.792. The van der Waals surface area contributed by atoms with Crippen LogP contribution in [0.4, 0.5) is 5.82 Å². The van der Waals surface area contributed by atoms with Crippen molar-refractivity contribution in [2.24, 2.45) is 0 Å². The van der Waals surface area contributed by atoms with Gasteiger partial charge in [-0.2, -0.15) is 4.98 Å². The number of carbonyl (C=O) groups is 1. The number of methoxy groups -OCH3 is 3. The minimum absolute atomic E-state index is 0.0386. The smallest absolute Gasteiger partial charge is 0.254 e. The van der Waals surface area contributed by atoms with Gasteiger partial charge in [0.1, 0.15) is 23.1 Å². The zero-order chi connectivity index (χ0) is 19.4. The fraction of sp³-hybridized carbons (Fsp3) is 0.421. The van der Waals surface area contributed by atoms with Gasteiger partial charge >= 0.3 is 0 Å². The number of carbonyl (C=O) groups excluding carboxylic acids is 1. The molecule has 2 aromatic rings. The van der Waals surface area contributed by atoms with Crippen molar-refractivity contribution in [2.45, 2.75) is 6.92 Å². The second-order valence-electron chi connectivity index (χ2n) is 6.20. The molecule has 0 spiro atoms. The van der Waals surface area contributed by atoms with Gasteiger partial charge in [0.15, 0.2) is 0 Å². The van der Waals surface area contributed by atoms with E-state index < -0.39 is 0 Å². The monoisotopic (exact) mass is 372 g/mol. The summed E-state index contributed by atoms with van der Waals surface area (Å²) in [6, 6.07) is 7.03. The minimum atomic E-state index is -0.0386. The SMILES string of the molecule is COc1cc(OC)cc(C(=O)N2CCN(c3cc(OC)nc(C)n3)CC2)c1. The maximum absolute atomic E-state index is 12.9. The Labute approximate surface area is 158 Å². The summed E-state index contributed by atoms with van der Waals surface area (Å²) in [6.07, 6.45) is 0. The number of anilines is 1. The molecule has 27 heavy (non-hydrogen) atoms. The maximum Gasteiger partial charge on any atom is 0.254 e. The highest BCUT2D eigenvalue weighted by Gasteiger charge is 2.24. The number of ether oxygens (including phenoxy) is 3. The number of nitrogens with zero attached hydrogens (tertiary/aromatic N) is 4. The highest BCUT2D eigenvalue weighted by Crippen LogP contribution is 2.24. The van der Waals surface area contributed by atoms with Crippen LogP contribution >= 0.6 is 0 Å². The van der Waals surface area contributed by atoms with E-state index in [-0.39, 0.29) is 5.91 Å². The van der Waals surface area contributed by atoms with Crippen molar-refractivity contribution < 1.29 is 19.0 Å². The van der Waals surface area contributed by atoms with E-state index in [1.807, 2.05) is 17.9 Å². The fourth-order valence-electron chi connectivity index (χ4n) is 3.04. The van der Waals surface area contributed by atoms with Gasteiger partial charge in [-0.25, -0.2) is 4.98 Å². The third kappa shape index (κ3) is 4.21. The van der Waals surface area contributed by atoms with Gasteiger partial charge in [-0.15, -0.1) is 0 Å². The second kappa shape index (κ2) is 8.11. The number of amides is 1. The molecular weight excluding hydrogens is 348 g/mol. The summed E-state index contributed by atoms with van der Waals surface area (Å²) >= 11 is 0. The standard InChI is InChI=1S/C19H24N4O4/c1-13-20-17(12-18(21-13)27-4)22-5-7-23(8-6-22)19(24)14-9-15(25-2)11-16(10-14)26-3/h9-12H,5-8H2,1-4H3. The number of aromatic nitrogens is 2. The van der Waals surface area contributed by atoms with E-state index in [4.69, 9.17) is 14.2 Å². The van der Waals surface area contributed by atoms with Gasteiger partial charge in [0.2, 0.25) is 5.88 Å². The largest absolute Gasteiger partial charge is 0.497 e. The molecule has 0 saturated carbocycles. The van der Waals surface area contributed by atoms with Crippen LogP contribution in [0.3, 0.4) is 0 Å². The Balaban J connectivity index is 1.70. The molecule has 2 heterocycles. The summed E-state index contributed by atoms with van der Waals surface area (Å²) in [5, 5.41) is 0. The first kappa shape index (κ1) is 18.8. The summed E-state index contributed by atoms with van der Waals surface area (Å²) in [6.45, 7) is 4.41. The molecule has 1 aromatic heterocycles. The van der Waals surface area contributed by atoms with Crippen LogP contribution in [-0.4, -0.2) is 68.3 Å². The predicted octanol–water partition coefficient (Wildman–Crippen LogP) is 1.77. The Morgan fingerprint density at radius 1 is 0.889 bits per heavy atom. The van der Waals surface area contributed by atoms with Crippen molar-refractivity contribution in [3.8, 4) is 17.4 Å². The van der Waals surface area contributed by atoms with Crippen LogP contribution in [0.25, 0.3) is 0 Å². The Bertz CT molecular complexity index is 797. The van der Waals surface area contributed by atoms with Crippen LogP contribution in [0.2, 0.25) is 0 Å². The average molecular weight is 372 g/mol. The third-order valence-corrected chi connectivity index (χ3v) is 4.50. The molecule has 1 fully saturated rings. The fourth-order valence-corrected chi connectivity index (χ4v) is 3.04. The highest BCUT2D eigenvalue weighted by atomic mass is 16.5. The Kier molecular flexibility index (Phi) is 5.63. The van der Waals surface area contributed by atoms with Crippen LogP contribution in [-0.2, 0) is 0 Å². The molecule has 0 aliphatic carbocycles. The molecule has 0 bridgehead atoms. The topological polar surface area (TPSA) is 77.0 Å². The van der Waals surface area contributed by atoms with Crippen molar-refractivity contribution >= 4 is 11.7 Å². The van der Waals surface area contributed by atoms with E-state index in [1.54, 1.807) is 39.5 Å². The molecule has 1 amide bonds. The van der Waals surface area contributed by atoms with Gasteiger partial charge in [0.25, 0.3) is 5.91 Å². The first-order valence-corrected chi connectivity index (χ1v) is 8.71. The number of hydrogen-bond donors (Lipinski definition) is 0. The number of aryl methyl sites for hydroxylation is 1. The van der Waals surface area contributed by atoms with Gasteiger partial charge in [-0.3, -0.25) is 4.79 Å². The summed E-state index contributed by atoms with van der Waals surface area (Å²) in [7, 11) is 4.73. The lowest BCUT2D eigenvalue weighted by molar-refractivity contribution is 0.0745. The van der Waals surface area contributed by atoms with Gasteiger partial charge in [-0.05, 0) is 19.1 Å². The summed E-state index contributed by atoms with van der Waals surface area (Å²) in [4.78, 5) is 25.5. The van der Waals surface area contributed by atoms with Crippen molar-refractivity contribution in [3.05, 3.63) is 35.7 Å². The molecule has 144 valence electrons. The third-order valence-electron chi connectivity index (χ3n) is 4.50.